The zero-order valence-electron chi connectivity index (χ0n) is 13.7. The van der Waals surface area contributed by atoms with Crippen LogP contribution in [0.15, 0.2) is 12.3 Å². The van der Waals surface area contributed by atoms with Crippen molar-refractivity contribution in [1.29, 1.82) is 0 Å². The SMILES string of the molecule is O=C(c1cc(C2CC2)[nH]n1)N1CCC[C@H]1Cn1cc(C2CC2)nn1. The van der Waals surface area contributed by atoms with Gasteiger partial charge in [0.25, 0.3) is 5.91 Å². The van der Waals surface area contributed by atoms with Crippen LogP contribution in [-0.4, -0.2) is 48.6 Å². The van der Waals surface area contributed by atoms with Crippen LogP contribution in [0.1, 0.15) is 72.2 Å². The van der Waals surface area contributed by atoms with Crippen LogP contribution < -0.4 is 0 Å². The molecule has 126 valence electrons. The Morgan fingerprint density at radius 3 is 2.83 bits per heavy atom. The number of likely N-dealkylation sites (tertiary alicyclic amines) is 1. The predicted molar refractivity (Wildman–Crippen MR) is 86.6 cm³/mol. The van der Waals surface area contributed by atoms with Crippen molar-refractivity contribution in [3.8, 4) is 0 Å². The summed E-state index contributed by atoms with van der Waals surface area (Å²) in [5.74, 6) is 1.25. The van der Waals surface area contributed by atoms with Crippen molar-refractivity contribution >= 4 is 5.91 Å². The quantitative estimate of drug-likeness (QED) is 0.912. The first-order valence-corrected chi connectivity index (χ1v) is 9.04. The summed E-state index contributed by atoms with van der Waals surface area (Å²) in [5.41, 5.74) is 2.77. The standard InChI is InChI=1S/C17H22N6O/c24-17(15-8-14(18-19-15)11-3-4-11)23-7-1-2-13(23)9-22-10-16(20-21-22)12-5-6-12/h8,10-13H,1-7,9H2,(H,18,19)/t13-/m0/s1. The normalized spacial score (nSPS) is 23.8. The topological polar surface area (TPSA) is 79.7 Å². The summed E-state index contributed by atoms with van der Waals surface area (Å²) in [6, 6.07) is 2.13. The second-order valence-corrected chi connectivity index (χ2v) is 7.42. The molecule has 3 aliphatic rings. The summed E-state index contributed by atoms with van der Waals surface area (Å²) in [6.45, 7) is 1.53. The number of rotatable bonds is 5. The summed E-state index contributed by atoms with van der Waals surface area (Å²) >= 11 is 0. The fourth-order valence-electron chi connectivity index (χ4n) is 3.67. The Morgan fingerprint density at radius 1 is 1.21 bits per heavy atom. The maximum atomic E-state index is 12.8. The van der Waals surface area contributed by atoms with Crippen molar-refractivity contribution in [2.75, 3.05) is 6.54 Å². The fraction of sp³-hybridized carbons (Fsp3) is 0.647. The molecule has 0 radical (unpaired) electrons. The minimum atomic E-state index is 0.0446. The van der Waals surface area contributed by atoms with E-state index in [-0.39, 0.29) is 11.9 Å². The van der Waals surface area contributed by atoms with Gasteiger partial charge in [0, 0.05) is 30.3 Å². The van der Waals surface area contributed by atoms with Crippen molar-refractivity contribution in [1.82, 2.24) is 30.1 Å². The molecule has 0 spiro atoms. The van der Waals surface area contributed by atoms with Gasteiger partial charge in [0.05, 0.1) is 18.3 Å². The second-order valence-electron chi connectivity index (χ2n) is 7.42. The van der Waals surface area contributed by atoms with Crippen molar-refractivity contribution in [3.05, 3.63) is 29.3 Å². The highest BCUT2D eigenvalue weighted by Crippen LogP contribution is 2.39. The molecule has 0 unspecified atom stereocenters. The van der Waals surface area contributed by atoms with Gasteiger partial charge in [-0.25, -0.2) is 0 Å². The lowest BCUT2D eigenvalue weighted by atomic mass is 10.2. The van der Waals surface area contributed by atoms with Crippen LogP contribution in [0.4, 0.5) is 0 Å². The molecule has 2 aliphatic carbocycles. The Labute approximate surface area is 140 Å². The van der Waals surface area contributed by atoms with E-state index in [0.29, 0.717) is 17.5 Å². The lowest BCUT2D eigenvalue weighted by Gasteiger charge is -2.23. The molecule has 2 saturated carbocycles. The van der Waals surface area contributed by atoms with Gasteiger partial charge in [0.1, 0.15) is 5.69 Å². The third kappa shape index (κ3) is 2.61. The van der Waals surface area contributed by atoms with E-state index >= 15 is 0 Å². The van der Waals surface area contributed by atoms with E-state index in [1.54, 1.807) is 0 Å². The predicted octanol–water partition coefficient (Wildman–Crippen LogP) is 2.06. The Kier molecular flexibility index (Phi) is 3.21. The van der Waals surface area contributed by atoms with Crippen molar-refractivity contribution in [2.45, 2.75) is 62.9 Å². The molecule has 7 nitrogen and oxygen atoms in total. The van der Waals surface area contributed by atoms with Crippen molar-refractivity contribution in [3.63, 3.8) is 0 Å². The van der Waals surface area contributed by atoms with E-state index in [9.17, 15) is 4.79 Å². The van der Waals surface area contributed by atoms with Crippen LogP contribution in [0, 0.1) is 0 Å². The number of aromatic amines is 1. The first-order valence-electron chi connectivity index (χ1n) is 9.04. The number of carbonyl (C=O) groups is 1. The fourth-order valence-corrected chi connectivity index (χ4v) is 3.67. The third-order valence-corrected chi connectivity index (χ3v) is 5.42. The van der Waals surface area contributed by atoms with Gasteiger partial charge in [0.2, 0.25) is 0 Å². The molecule has 0 aromatic carbocycles. The van der Waals surface area contributed by atoms with Gasteiger partial charge >= 0.3 is 0 Å². The number of aromatic nitrogens is 5. The van der Waals surface area contributed by atoms with Gasteiger partial charge in [-0.05, 0) is 44.6 Å². The van der Waals surface area contributed by atoms with E-state index in [1.807, 2.05) is 15.6 Å². The first kappa shape index (κ1) is 14.2. The Morgan fingerprint density at radius 2 is 2.04 bits per heavy atom. The highest BCUT2D eigenvalue weighted by molar-refractivity contribution is 5.92. The third-order valence-electron chi connectivity index (χ3n) is 5.42. The Bertz CT molecular complexity index is 757. The molecule has 2 aromatic rings. The number of nitrogens with zero attached hydrogens (tertiary/aromatic N) is 5. The number of nitrogens with one attached hydrogen (secondary N) is 1. The summed E-state index contributed by atoms with van der Waals surface area (Å²) < 4.78 is 1.91. The van der Waals surface area contributed by atoms with Crippen LogP contribution in [0.3, 0.4) is 0 Å². The van der Waals surface area contributed by atoms with Gasteiger partial charge in [-0.15, -0.1) is 5.10 Å². The molecule has 1 saturated heterocycles. The monoisotopic (exact) mass is 326 g/mol. The average molecular weight is 326 g/mol. The van der Waals surface area contributed by atoms with Crippen LogP contribution in [-0.2, 0) is 6.54 Å². The van der Waals surface area contributed by atoms with E-state index in [1.165, 1.54) is 25.7 Å². The van der Waals surface area contributed by atoms with E-state index < -0.39 is 0 Å². The van der Waals surface area contributed by atoms with Crippen LogP contribution in [0.2, 0.25) is 0 Å². The van der Waals surface area contributed by atoms with Gasteiger partial charge in [-0.1, -0.05) is 5.21 Å². The van der Waals surface area contributed by atoms with Crippen molar-refractivity contribution < 1.29 is 4.79 Å². The molecule has 3 fully saturated rings. The smallest absolute Gasteiger partial charge is 0.274 e. The van der Waals surface area contributed by atoms with Gasteiger partial charge < -0.3 is 4.90 Å². The summed E-state index contributed by atoms with van der Waals surface area (Å²) in [4.78, 5) is 14.8. The number of amides is 1. The molecule has 7 heteroatoms. The van der Waals surface area contributed by atoms with Crippen molar-refractivity contribution in [2.24, 2.45) is 0 Å². The van der Waals surface area contributed by atoms with Gasteiger partial charge in [-0.3, -0.25) is 14.6 Å². The zero-order chi connectivity index (χ0) is 16.1. The maximum Gasteiger partial charge on any atom is 0.274 e. The highest BCUT2D eigenvalue weighted by atomic mass is 16.2. The molecule has 2 aromatic heterocycles. The number of H-pyrrole nitrogens is 1. The molecule has 24 heavy (non-hydrogen) atoms. The average Bonchev–Trinajstić information content (AvgIpc) is 3.48. The lowest BCUT2D eigenvalue weighted by Crippen LogP contribution is -2.38. The summed E-state index contributed by atoms with van der Waals surface area (Å²) in [7, 11) is 0. The molecule has 1 aliphatic heterocycles. The minimum Gasteiger partial charge on any atom is -0.332 e. The number of hydrogen-bond donors (Lipinski definition) is 1. The first-order chi connectivity index (χ1) is 11.8. The molecule has 1 N–H and O–H groups in total. The van der Waals surface area contributed by atoms with Gasteiger partial charge in [0.15, 0.2) is 0 Å². The molecule has 0 bridgehead atoms. The lowest BCUT2D eigenvalue weighted by molar-refractivity contribution is 0.0715. The molecule has 3 heterocycles. The molecular weight excluding hydrogens is 304 g/mol. The van der Waals surface area contributed by atoms with Crippen LogP contribution in [0.25, 0.3) is 0 Å². The second kappa shape index (κ2) is 5.43. The van der Waals surface area contributed by atoms with Crippen LogP contribution >= 0.6 is 0 Å². The summed E-state index contributed by atoms with van der Waals surface area (Å²) in [6.07, 6.45) is 8.99. The van der Waals surface area contributed by atoms with Crippen LogP contribution in [0.5, 0.6) is 0 Å². The zero-order valence-corrected chi connectivity index (χ0v) is 13.7. The van der Waals surface area contributed by atoms with E-state index in [2.05, 4.69) is 26.7 Å². The molecular formula is C17H22N6O. The number of hydrogen-bond acceptors (Lipinski definition) is 4. The molecule has 5 rings (SSSR count). The Balaban J connectivity index is 1.29. The largest absolute Gasteiger partial charge is 0.332 e. The van der Waals surface area contributed by atoms with E-state index in [4.69, 9.17) is 0 Å². The maximum absolute atomic E-state index is 12.8. The molecule has 1 atom stereocenters. The van der Waals surface area contributed by atoms with E-state index in [0.717, 1.165) is 37.3 Å². The minimum absolute atomic E-state index is 0.0446. The Hall–Kier alpha value is -2.18. The van der Waals surface area contributed by atoms with Gasteiger partial charge in [-0.2, -0.15) is 5.10 Å². The number of carbonyl (C=O) groups excluding carboxylic acids is 1. The summed E-state index contributed by atoms with van der Waals surface area (Å²) in [5, 5.41) is 15.8. The molecule has 1 amide bonds. The highest BCUT2D eigenvalue weighted by Gasteiger charge is 2.33.